The van der Waals surface area contributed by atoms with Crippen molar-refractivity contribution in [3.63, 3.8) is 0 Å². The number of carbonyl (C=O) groups is 1. The van der Waals surface area contributed by atoms with Crippen molar-refractivity contribution in [2.24, 2.45) is 0 Å². The fourth-order valence-electron chi connectivity index (χ4n) is 1.04. The first-order valence-electron chi connectivity index (χ1n) is 4.99. The zero-order chi connectivity index (χ0) is 12.1. The minimum atomic E-state index is -2.46. The highest BCUT2D eigenvalue weighted by Gasteiger charge is 2.14. The van der Waals surface area contributed by atoms with Gasteiger partial charge in [-0.05, 0) is 20.8 Å². The van der Waals surface area contributed by atoms with Crippen LogP contribution in [0.25, 0.3) is 0 Å². The van der Waals surface area contributed by atoms with E-state index in [9.17, 15) is 13.6 Å². The summed E-state index contributed by atoms with van der Waals surface area (Å²) in [5.41, 5.74) is -0.0540. The molecule has 0 saturated carbocycles. The van der Waals surface area contributed by atoms with Crippen LogP contribution in [-0.2, 0) is 4.79 Å². The Morgan fingerprint density at radius 1 is 1.40 bits per heavy atom. The van der Waals surface area contributed by atoms with E-state index in [1.165, 1.54) is 7.05 Å². The smallest absolute Gasteiger partial charge is 0.255 e. The number of nitrogens with zero attached hydrogens (tertiary/aromatic N) is 1. The molecule has 0 aromatic heterocycles. The van der Waals surface area contributed by atoms with Crippen molar-refractivity contribution in [1.29, 1.82) is 0 Å². The van der Waals surface area contributed by atoms with E-state index in [2.05, 4.69) is 5.32 Å². The molecule has 0 bridgehead atoms. The van der Waals surface area contributed by atoms with Crippen molar-refractivity contribution in [1.82, 2.24) is 10.2 Å². The molecule has 0 rings (SSSR count). The largest absolute Gasteiger partial charge is 0.340 e. The first-order valence-corrected chi connectivity index (χ1v) is 4.99. The minimum absolute atomic E-state index is 0.0540. The van der Waals surface area contributed by atoms with E-state index in [1.54, 1.807) is 0 Å². The van der Waals surface area contributed by atoms with Gasteiger partial charge >= 0.3 is 0 Å². The number of carbonyl (C=O) groups excluding carboxylic acids is 1. The van der Waals surface area contributed by atoms with Gasteiger partial charge in [0.05, 0.1) is 6.54 Å². The molecule has 0 heterocycles. The third-order valence-corrected chi connectivity index (χ3v) is 1.83. The molecule has 1 amide bonds. The molecule has 1 N–H and O–H groups in total. The molecule has 0 spiro atoms. The molecule has 0 aliphatic heterocycles. The number of nitrogens with one attached hydrogen (secondary N) is 1. The Hall–Kier alpha value is -0.710. The molecule has 0 unspecified atom stereocenters. The van der Waals surface area contributed by atoms with Crippen LogP contribution in [0.3, 0.4) is 0 Å². The number of rotatable bonds is 5. The maximum Gasteiger partial charge on any atom is 0.255 e. The van der Waals surface area contributed by atoms with Crippen LogP contribution in [-0.4, -0.2) is 42.9 Å². The molecule has 0 radical (unpaired) electrons. The maximum atomic E-state index is 11.9. The maximum absolute atomic E-state index is 11.9. The predicted molar refractivity (Wildman–Crippen MR) is 56.0 cm³/mol. The van der Waals surface area contributed by atoms with Gasteiger partial charge in [0, 0.05) is 25.6 Å². The fourth-order valence-corrected chi connectivity index (χ4v) is 1.04. The number of hydrogen-bond donors (Lipinski definition) is 1. The summed E-state index contributed by atoms with van der Waals surface area (Å²) in [6, 6.07) is 0. The summed E-state index contributed by atoms with van der Waals surface area (Å²) >= 11 is 0. The van der Waals surface area contributed by atoms with Crippen molar-refractivity contribution < 1.29 is 13.6 Å². The van der Waals surface area contributed by atoms with Gasteiger partial charge in [-0.1, -0.05) is 0 Å². The van der Waals surface area contributed by atoms with Gasteiger partial charge in [0.1, 0.15) is 0 Å². The molecule has 5 heteroatoms. The first kappa shape index (κ1) is 14.3. The molecule has 90 valence electrons. The van der Waals surface area contributed by atoms with E-state index in [0.29, 0.717) is 6.54 Å². The monoisotopic (exact) mass is 222 g/mol. The number of halogens is 2. The van der Waals surface area contributed by atoms with Crippen LogP contribution in [0.4, 0.5) is 8.78 Å². The van der Waals surface area contributed by atoms with Gasteiger partial charge in [0.2, 0.25) is 5.91 Å². The minimum Gasteiger partial charge on any atom is -0.340 e. The Balaban J connectivity index is 3.74. The summed E-state index contributed by atoms with van der Waals surface area (Å²) in [4.78, 5) is 12.4. The first-order chi connectivity index (χ1) is 6.72. The van der Waals surface area contributed by atoms with Crippen molar-refractivity contribution >= 4 is 5.91 Å². The van der Waals surface area contributed by atoms with Crippen LogP contribution in [0.5, 0.6) is 0 Å². The number of alkyl halides is 2. The van der Waals surface area contributed by atoms with E-state index < -0.39 is 13.0 Å². The van der Waals surface area contributed by atoms with E-state index >= 15 is 0 Å². The zero-order valence-electron chi connectivity index (χ0n) is 9.81. The summed E-state index contributed by atoms with van der Waals surface area (Å²) < 4.78 is 23.9. The summed E-state index contributed by atoms with van der Waals surface area (Å²) in [5, 5.41) is 3.13. The standard InChI is InChI=1S/C10H20F2N2O/c1-10(2,3)13-6-5-9(15)14(4)7-8(11)12/h8,13H,5-7H2,1-4H3. The zero-order valence-corrected chi connectivity index (χ0v) is 9.81. The van der Waals surface area contributed by atoms with Crippen LogP contribution in [0.15, 0.2) is 0 Å². The predicted octanol–water partition coefficient (Wildman–Crippen LogP) is 1.49. The summed E-state index contributed by atoms with van der Waals surface area (Å²) in [5.74, 6) is -0.257. The van der Waals surface area contributed by atoms with Crippen LogP contribution < -0.4 is 5.32 Å². The average molecular weight is 222 g/mol. The molecular weight excluding hydrogens is 202 g/mol. The van der Waals surface area contributed by atoms with Gasteiger partial charge in [-0.15, -0.1) is 0 Å². The van der Waals surface area contributed by atoms with Crippen LogP contribution >= 0.6 is 0 Å². The van der Waals surface area contributed by atoms with E-state index in [-0.39, 0.29) is 17.9 Å². The molecule has 0 aromatic rings. The van der Waals surface area contributed by atoms with Gasteiger partial charge in [-0.2, -0.15) is 0 Å². The molecule has 0 saturated heterocycles. The highest BCUT2D eigenvalue weighted by Crippen LogP contribution is 2.00. The second-order valence-electron chi connectivity index (χ2n) is 4.59. The van der Waals surface area contributed by atoms with Crippen LogP contribution in [0.1, 0.15) is 27.2 Å². The molecule has 0 aromatic carbocycles. The Bertz CT molecular complexity index is 202. The molecule has 0 aliphatic rings. The molecule has 15 heavy (non-hydrogen) atoms. The van der Waals surface area contributed by atoms with Crippen molar-refractivity contribution in [2.45, 2.75) is 39.2 Å². The van der Waals surface area contributed by atoms with Gasteiger partial charge in [-0.25, -0.2) is 8.78 Å². The topological polar surface area (TPSA) is 32.3 Å². The van der Waals surface area contributed by atoms with Gasteiger partial charge < -0.3 is 10.2 Å². The summed E-state index contributed by atoms with van der Waals surface area (Å²) in [7, 11) is 1.39. The second kappa shape index (κ2) is 6.00. The van der Waals surface area contributed by atoms with Crippen LogP contribution in [0, 0.1) is 0 Å². The third-order valence-electron chi connectivity index (χ3n) is 1.83. The van der Waals surface area contributed by atoms with E-state index in [1.807, 2.05) is 20.8 Å². The quantitative estimate of drug-likeness (QED) is 0.764. The lowest BCUT2D eigenvalue weighted by Gasteiger charge is -2.22. The third kappa shape index (κ3) is 8.30. The van der Waals surface area contributed by atoms with E-state index in [4.69, 9.17) is 0 Å². The van der Waals surface area contributed by atoms with Gasteiger partial charge in [-0.3, -0.25) is 4.79 Å². The SMILES string of the molecule is CN(CC(F)F)C(=O)CCNC(C)(C)C. The lowest BCUT2D eigenvalue weighted by atomic mass is 10.1. The molecule has 3 nitrogen and oxygen atoms in total. The highest BCUT2D eigenvalue weighted by molar-refractivity contribution is 5.76. The lowest BCUT2D eigenvalue weighted by Crippen LogP contribution is -2.39. The summed E-state index contributed by atoms with van der Waals surface area (Å²) in [6.45, 7) is 5.98. The number of amides is 1. The summed E-state index contributed by atoms with van der Waals surface area (Å²) in [6.07, 6.45) is -2.21. The van der Waals surface area contributed by atoms with Gasteiger partial charge in [0.25, 0.3) is 6.43 Å². The average Bonchev–Trinajstić information content (AvgIpc) is 2.00. The number of hydrogen-bond acceptors (Lipinski definition) is 2. The molecule has 0 fully saturated rings. The fraction of sp³-hybridized carbons (Fsp3) is 0.900. The van der Waals surface area contributed by atoms with E-state index in [0.717, 1.165) is 4.90 Å². The Morgan fingerprint density at radius 2 is 1.93 bits per heavy atom. The highest BCUT2D eigenvalue weighted by atomic mass is 19.3. The van der Waals surface area contributed by atoms with Crippen LogP contribution in [0.2, 0.25) is 0 Å². The Morgan fingerprint density at radius 3 is 2.33 bits per heavy atom. The Kier molecular flexibility index (Phi) is 5.72. The Labute approximate surface area is 89.8 Å². The normalized spacial score (nSPS) is 11.9. The molecular formula is C10H20F2N2O. The van der Waals surface area contributed by atoms with Gasteiger partial charge in [0.15, 0.2) is 0 Å². The van der Waals surface area contributed by atoms with Crippen molar-refractivity contribution in [3.8, 4) is 0 Å². The lowest BCUT2D eigenvalue weighted by molar-refractivity contribution is -0.131. The molecule has 0 atom stereocenters. The second-order valence-corrected chi connectivity index (χ2v) is 4.59. The molecule has 0 aliphatic carbocycles. The van der Waals surface area contributed by atoms with Crippen molar-refractivity contribution in [3.05, 3.63) is 0 Å². The van der Waals surface area contributed by atoms with Crippen molar-refractivity contribution in [2.75, 3.05) is 20.1 Å².